The summed E-state index contributed by atoms with van der Waals surface area (Å²) in [5, 5.41) is 3.04. The number of hydrogen-bond acceptors (Lipinski definition) is 4. The minimum Gasteiger partial charge on any atom is -0.467 e. The van der Waals surface area contributed by atoms with E-state index >= 15 is 0 Å². The topological polar surface area (TPSA) is 50.7 Å². The number of halogens is 1. The Kier molecular flexibility index (Phi) is 3.41. The van der Waals surface area contributed by atoms with Crippen molar-refractivity contribution in [2.45, 2.75) is 13.0 Å². The van der Waals surface area contributed by atoms with E-state index in [1.54, 1.807) is 25.1 Å². The number of nitrogens with zero attached hydrogens (tertiary/aromatic N) is 1. The highest BCUT2D eigenvalue weighted by atomic mass is 19.1. The highest BCUT2D eigenvalue weighted by Gasteiger charge is 2.21. The van der Waals surface area contributed by atoms with Crippen molar-refractivity contribution in [3.63, 3.8) is 0 Å². The Morgan fingerprint density at radius 3 is 2.67 bits per heavy atom. The number of carbonyl (C=O) groups is 1. The molecule has 1 heterocycles. The SMILES string of the molecule is COC(=O)C1C=C(c2ccc(F)cc2)NC(C)=N1. The standard InChI is InChI=1S/C13H13FN2O2/c1-8-15-11(7-12(16-8)13(17)18-2)9-3-5-10(14)6-4-9/h3-7,12H,1-2H3,(H,15,16). The summed E-state index contributed by atoms with van der Waals surface area (Å²) >= 11 is 0. The first kappa shape index (κ1) is 12.3. The molecule has 0 radical (unpaired) electrons. The van der Waals surface area contributed by atoms with Gasteiger partial charge in [-0.1, -0.05) is 0 Å². The van der Waals surface area contributed by atoms with E-state index in [1.165, 1.54) is 19.2 Å². The molecule has 0 bridgehead atoms. The van der Waals surface area contributed by atoms with Crippen LogP contribution in [0.5, 0.6) is 0 Å². The van der Waals surface area contributed by atoms with Crippen LogP contribution in [0.2, 0.25) is 0 Å². The number of ether oxygens (including phenoxy) is 1. The molecule has 94 valence electrons. The van der Waals surface area contributed by atoms with Crippen LogP contribution in [0.3, 0.4) is 0 Å². The Bertz CT molecular complexity index is 520. The van der Waals surface area contributed by atoms with Gasteiger partial charge in [0.05, 0.1) is 12.9 Å². The summed E-state index contributed by atoms with van der Waals surface area (Å²) < 4.78 is 17.5. The molecule has 2 rings (SSSR count). The quantitative estimate of drug-likeness (QED) is 0.811. The van der Waals surface area contributed by atoms with Gasteiger partial charge in [0.2, 0.25) is 0 Å². The fourth-order valence-electron chi connectivity index (χ4n) is 1.71. The number of benzene rings is 1. The van der Waals surface area contributed by atoms with Crippen molar-refractivity contribution in [1.29, 1.82) is 0 Å². The van der Waals surface area contributed by atoms with E-state index in [1.807, 2.05) is 0 Å². The molecule has 0 spiro atoms. The molecular weight excluding hydrogens is 235 g/mol. The number of hydrogen-bond donors (Lipinski definition) is 1. The van der Waals surface area contributed by atoms with Crippen molar-refractivity contribution in [1.82, 2.24) is 5.32 Å². The van der Waals surface area contributed by atoms with E-state index in [9.17, 15) is 9.18 Å². The maximum Gasteiger partial charge on any atom is 0.334 e. The van der Waals surface area contributed by atoms with E-state index in [0.717, 1.165) is 11.3 Å². The smallest absolute Gasteiger partial charge is 0.334 e. The van der Waals surface area contributed by atoms with Crippen molar-refractivity contribution in [2.75, 3.05) is 7.11 Å². The number of aliphatic imine (C=N–C) groups is 1. The highest BCUT2D eigenvalue weighted by Crippen LogP contribution is 2.17. The molecule has 0 aromatic heterocycles. The van der Waals surface area contributed by atoms with Crippen molar-refractivity contribution >= 4 is 17.5 Å². The normalized spacial score (nSPS) is 18.5. The lowest BCUT2D eigenvalue weighted by atomic mass is 10.1. The van der Waals surface area contributed by atoms with Gasteiger partial charge >= 0.3 is 5.97 Å². The third-order valence-corrected chi connectivity index (χ3v) is 2.57. The van der Waals surface area contributed by atoms with E-state index in [-0.39, 0.29) is 5.82 Å². The molecule has 1 aromatic rings. The summed E-state index contributed by atoms with van der Waals surface area (Å²) in [6.45, 7) is 1.76. The Morgan fingerprint density at radius 1 is 1.39 bits per heavy atom. The van der Waals surface area contributed by atoms with Gasteiger partial charge in [-0.2, -0.15) is 0 Å². The van der Waals surface area contributed by atoms with Crippen LogP contribution in [0.25, 0.3) is 5.70 Å². The average Bonchev–Trinajstić information content (AvgIpc) is 2.38. The zero-order valence-corrected chi connectivity index (χ0v) is 10.1. The Balaban J connectivity index is 2.30. The zero-order valence-electron chi connectivity index (χ0n) is 10.1. The van der Waals surface area contributed by atoms with Gasteiger partial charge in [0.15, 0.2) is 6.04 Å². The van der Waals surface area contributed by atoms with E-state index in [4.69, 9.17) is 0 Å². The predicted octanol–water partition coefficient (Wildman–Crippen LogP) is 1.73. The van der Waals surface area contributed by atoms with E-state index < -0.39 is 12.0 Å². The third-order valence-electron chi connectivity index (χ3n) is 2.57. The lowest BCUT2D eigenvalue weighted by molar-refractivity contribution is -0.140. The second-order valence-electron chi connectivity index (χ2n) is 3.89. The lowest BCUT2D eigenvalue weighted by Gasteiger charge is -2.19. The van der Waals surface area contributed by atoms with Crippen molar-refractivity contribution in [2.24, 2.45) is 4.99 Å². The van der Waals surface area contributed by atoms with Crippen LogP contribution in [0.1, 0.15) is 12.5 Å². The van der Waals surface area contributed by atoms with E-state index in [0.29, 0.717) is 5.84 Å². The van der Waals surface area contributed by atoms with Gasteiger partial charge in [-0.25, -0.2) is 9.18 Å². The Hall–Kier alpha value is -2.17. The Morgan fingerprint density at radius 2 is 2.06 bits per heavy atom. The summed E-state index contributed by atoms with van der Waals surface area (Å²) in [5.74, 6) is -0.104. The summed E-state index contributed by atoms with van der Waals surface area (Å²) in [4.78, 5) is 15.6. The molecule has 1 aliphatic rings. The molecule has 1 atom stereocenters. The maximum absolute atomic E-state index is 12.9. The monoisotopic (exact) mass is 248 g/mol. The molecule has 0 amide bonds. The first-order chi connectivity index (χ1) is 8.60. The molecule has 0 fully saturated rings. The van der Waals surface area contributed by atoms with Crippen LogP contribution in [0.4, 0.5) is 4.39 Å². The molecule has 0 saturated carbocycles. The van der Waals surface area contributed by atoms with Gasteiger partial charge in [-0.15, -0.1) is 0 Å². The summed E-state index contributed by atoms with van der Waals surface area (Å²) in [6, 6.07) is 5.36. The second-order valence-corrected chi connectivity index (χ2v) is 3.89. The molecule has 0 aliphatic carbocycles. The van der Waals surface area contributed by atoms with E-state index in [2.05, 4.69) is 15.0 Å². The maximum atomic E-state index is 12.9. The van der Waals surface area contributed by atoms with Gasteiger partial charge in [-0.3, -0.25) is 4.99 Å². The number of amidine groups is 1. The zero-order chi connectivity index (χ0) is 13.1. The summed E-state index contributed by atoms with van der Waals surface area (Å²) in [7, 11) is 1.32. The minimum atomic E-state index is -0.656. The number of methoxy groups -OCH3 is 1. The van der Waals surface area contributed by atoms with Crippen molar-refractivity contribution < 1.29 is 13.9 Å². The van der Waals surface area contributed by atoms with Crippen LogP contribution in [-0.2, 0) is 9.53 Å². The van der Waals surface area contributed by atoms with Crippen LogP contribution >= 0.6 is 0 Å². The molecule has 4 nitrogen and oxygen atoms in total. The van der Waals surface area contributed by atoms with Crippen LogP contribution in [-0.4, -0.2) is 25.0 Å². The Labute approximate surface area is 104 Å². The fraction of sp³-hybridized carbons (Fsp3) is 0.231. The number of carbonyl (C=O) groups excluding carboxylic acids is 1. The largest absolute Gasteiger partial charge is 0.467 e. The molecule has 5 heteroatoms. The first-order valence-corrected chi connectivity index (χ1v) is 5.47. The fourth-order valence-corrected chi connectivity index (χ4v) is 1.71. The molecule has 0 saturated heterocycles. The van der Waals surface area contributed by atoms with Gasteiger partial charge in [-0.05, 0) is 42.8 Å². The van der Waals surface area contributed by atoms with Gasteiger partial charge in [0.25, 0.3) is 0 Å². The minimum absolute atomic E-state index is 0.301. The molecule has 1 aromatic carbocycles. The van der Waals surface area contributed by atoms with Crippen molar-refractivity contribution in [3.8, 4) is 0 Å². The van der Waals surface area contributed by atoms with Gasteiger partial charge in [0, 0.05) is 5.70 Å². The molecule has 1 unspecified atom stereocenters. The van der Waals surface area contributed by atoms with Crippen LogP contribution < -0.4 is 5.32 Å². The second kappa shape index (κ2) is 5.00. The lowest BCUT2D eigenvalue weighted by Crippen LogP contribution is -2.31. The third kappa shape index (κ3) is 2.56. The van der Waals surface area contributed by atoms with Crippen molar-refractivity contribution in [3.05, 3.63) is 41.7 Å². The van der Waals surface area contributed by atoms with Gasteiger partial charge < -0.3 is 10.1 Å². The molecule has 1 aliphatic heterocycles. The average molecular weight is 248 g/mol. The molecular formula is C13H13FN2O2. The first-order valence-electron chi connectivity index (χ1n) is 5.47. The number of rotatable bonds is 2. The van der Waals surface area contributed by atoms with Crippen LogP contribution in [0, 0.1) is 5.82 Å². The molecule has 1 N–H and O–H groups in total. The highest BCUT2D eigenvalue weighted by molar-refractivity contribution is 5.95. The molecule has 18 heavy (non-hydrogen) atoms. The predicted molar refractivity (Wildman–Crippen MR) is 66.4 cm³/mol. The number of nitrogens with one attached hydrogen (secondary N) is 1. The number of esters is 1. The summed E-state index contributed by atoms with van der Waals surface area (Å²) in [6.07, 6.45) is 1.66. The summed E-state index contributed by atoms with van der Waals surface area (Å²) in [5.41, 5.74) is 1.51. The van der Waals surface area contributed by atoms with Gasteiger partial charge in [0.1, 0.15) is 5.82 Å². The van der Waals surface area contributed by atoms with Crippen LogP contribution in [0.15, 0.2) is 35.3 Å².